The molecule has 0 aliphatic carbocycles. The van der Waals surface area contributed by atoms with Crippen molar-refractivity contribution in [2.24, 2.45) is 0 Å². The Hall–Kier alpha value is -2.33. The molecule has 2 rings (SSSR count). The lowest BCUT2D eigenvalue weighted by Crippen LogP contribution is -2.42. The molecule has 3 N–H and O–H groups in total. The van der Waals surface area contributed by atoms with E-state index in [2.05, 4.69) is 20.7 Å². The van der Waals surface area contributed by atoms with E-state index in [1.165, 1.54) is 38.5 Å². The van der Waals surface area contributed by atoms with Crippen LogP contribution < -0.4 is 10.6 Å². The summed E-state index contributed by atoms with van der Waals surface area (Å²) in [6.45, 7) is 1.60. The van der Waals surface area contributed by atoms with Crippen molar-refractivity contribution in [3.63, 3.8) is 0 Å². The number of hydrogen-bond donors (Lipinski definition) is 3. The van der Waals surface area contributed by atoms with Crippen LogP contribution in [0.4, 0.5) is 24.5 Å². The summed E-state index contributed by atoms with van der Waals surface area (Å²) in [4.78, 5) is 16.2. The van der Waals surface area contributed by atoms with Gasteiger partial charge < -0.3 is 15.7 Å². The maximum Gasteiger partial charge on any atom is 0.257 e. The molecular weight excluding hydrogens is 387 g/mol. The second-order valence-corrected chi connectivity index (χ2v) is 6.74. The second-order valence-electron chi connectivity index (χ2n) is 6.35. The van der Waals surface area contributed by atoms with Crippen LogP contribution in [0.5, 0.6) is 0 Å². The smallest absolute Gasteiger partial charge is 0.257 e. The first-order chi connectivity index (χ1) is 12.6. The minimum Gasteiger partial charge on any atom is -0.387 e. The van der Waals surface area contributed by atoms with Crippen LogP contribution in [0, 0.1) is 0 Å². The van der Waals surface area contributed by atoms with Crippen LogP contribution in [0.3, 0.4) is 0 Å². The molecule has 2 heterocycles. The third-order valence-electron chi connectivity index (χ3n) is 3.56. The predicted octanol–water partition coefficient (Wildman–Crippen LogP) is 2.78. The fraction of sp³-hybridized carbons (Fsp3) is 0.438. The molecule has 2 aromatic heterocycles. The summed E-state index contributed by atoms with van der Waals surface area (Å²) >= 11 is 5.85. The largest absolute Gasteiger partial charge is 0.387 e. The highest BCUT2D eigenvalue weighted by atomic mass is 35.5. The first kappa shape index (κ1) is 21.0. The van der Waals surface area contributed by atoms with Gasteiger partial charge in [0.25, 0.3) is 12.3 Å². The highest BCUT2D eigenvalue weighted by molar-refractivity contribution is 6.29. The number of rotatable bonds is 8. The number of anilines is 2. The summed E-state index contributed by atoms with van der Waals surface area (Å²) in [5.41, 5.74) is -0.954. The number of carbonyl (C=O) groups is 1. The number of alkyl halides is 3. The van der Waals surface area contributed by atoms with E-state index in [-0.39, 0.29) is 16.4 Å². The van der Waals surface area contributed by atoms with Crippen molar-refractivity contribution in [1.82, 2.24) is 20.1 Å². The van der Waals surface area contributed by atoms with E-state index in [9.17, 15) is 23.1 Å². The molecule has 0 fully saturated rings. The summed E-state index contributed by atoms with van der Waals surface area (Å²) in [5.74, 6) is -0.645. The molecule has 1 amide bonds. The second kappa shape index (κ2) is 8.57. The number of halogens is 4. The average molecular weight is 406 g/mol. The fourth-order valence-corrected chi connectivity index (χ4v) is 2.22. The van der Waals surface area contributed by atoms with Crippen LogP contribution in [-0.4, -0.2) is 50.5 Å². The highest BCUT2D eigenvalue weighted by Crippen LogP contribution is 2.23. The van der Waals surface area contributed by atoms with E-state index >= 15 is 0 Å². The number of nitrogens with zero attached hydrogens (tertiary/aromatic N) is 3. The van der Waals surface area contributed by atoms with Crippen LogP contribution in [0.1, 0.15) is 24.2 Å². The Labute approximate surface area is 158 Å². The third kappa shape index (κ3) is 6.10. The Morgan fingerprint density at radius 2 is 2.07 bits per heavy atom. The van der Waals surface area contributed by atoms with Crippen LogP contribution in [0.15, 0.2) is 24.7 Å². The van der Waals surface area contributed by atoms with E-state index in [0.29, 0.717) is 5.69 Å². The van der Waals surface area contributed by atoms with Gasteiger partial charge in [-0.2, -0.15) is 5.10 Å². The predicted molar refractivity (Wildman–Crippen MR) is 94.3 cm³/mol. The maximum atomic E-state index is 13.8. The van der Waals surface area contributed by atoms with Crippen molar-refractivity contribution in [3.05, 3.63) is 35.4 Å². The molecule has 1 atom stereocenters. The molecule has 7 nitrogen and oxygen atoms in total. The van der Waals surface area contributed by atoms with E-state index in [1.807, 2.05) is 0 Å². The van der Waals surface area contributed by atoms with Crippen LogP contribution in [0.2, 0.25) is 5.15 Å². The molecule has 2 aromatic rings. The third-order valence-corrected chi connectivity index (χ3v) is 3.77. The molecule has 0 saturated carbocycles. The van der Waals surface area contributed by atoms with Crippen LogP contribution in [-0.2, 0) is 6.54 Å². The Kier molecular flexibility index (Phi) is 6.66. The van der Waals surface area contributed by atoms with Gasteiger partial charge in [-0.15, -0.1) is 0 Å². The zero-order valence-electron chi connectivity index (χ0n) is 14.6. The van der Waals surface area contributed by atoms with Crippen molar-refractivity contribution < 1.29 is 23.1 Å². The van der Waals surface area contributed by atoms with Crippen LogP contribution >= 0.6 is 11.6 Å². The topological polar surface area (TPSA) is 92.1 Å². The van der Waals surface area contributed by atoms with Gasteiger partial charge in [0.2, 0.25) is 0 Å². The van der Waals surface area contributed by atoms with Crippen molar-refractivity contribution in [2.75, 3.05) is 11.9 Å². The van der Waals surface area contributed by atoms with Gasteiger partial charge in [0.1, 0.15) is 17.9 Å². The van der Waals surface area contributed by atoms with Crippen molar-refractivity contribution in [1.29, 1.82) is 0 Å². The van der Waals surface area contributed by atoms with E-state index < -0.39 is 37.2 Å². The van der Waals surface area contributed by atoms with Gasteiger partial charge in [-0.05, 0) is 19.9 Å². The number of amides is 1. The lowest BCUT2D eigenvalue weighted by atomic mass is 10.0. The summed E-state index contributed by atoms with van der Waals surface area (Å²) < 4.78 is 39.7. The molecular formula is C16H19ClF3N5O2. The van der Waals surface area contributed by atoms with Crippen LogP contribution in [0.25, 0.3) is 0 Å². The molecule has 0 bridgehead atoms. The van der Waals surface area contributed by atoms with Gasteiger partial charge in [0.05, 0.1) is 35.3 Å². The van der Waals surface area contributed by atoms with Gasteiger partial charge in [0.15, 0.2) is 0 Å². The highest BCUT2D eigenvalue weighted by Gasteiger charge is 2.27. The number of nitrogens with one attached hydrogen (secondary N) is 2. The summed E-state index contributed by atoms with van der Waals surface area (Å²) in [6, 6.07) is 1.36. The molecule has 11 heteroatoms. The molecule has 0 aromatic carbocycles. The SMILES string of the molecule is CC(C)(O)C(F)CNC(=O)c1cnc(Cl)cc1Nc1cnn(CC(F)F)c1. The lowest BCUT2D eigenvalue weighted by Gasteiger charge is -2.22. The quantitative estimate of drug-likeness (QED) is 0.587. The average Bonchev–Trinajstić information content (AvgIpc) is 2.97. The number of hydrogen-bond acceptors (Lipinski definition) is 5. The number of carbonyl (C=O) groups excluding carboxylic acids is 1. The molecule has 0 radical (unpaired) electrons. The number of aromatic nitrogens is 3. The summed E-state index contributed by atoms with van der Waals surface area (Å²) in [5, 5.41) is 18.7. The Morgan fingerprint density at radius 1 is 1.37 bits per heavy atom. The lowest BCUT2D eigenvalue weighted by molar-refractivity contribution is -0.00177. The fourth-order valence-electron chi connectivity index (χ4n) is 2.07. The molecule has 1 unspecified atom stereocenters. The van der Waals surface area contributed by atoms with Gasteiger partial charge in [-0.1, -0.05) is 11.6 Å². The standard InChI is InChI=1S/C16H19ClF3N5O2/c1-16(2,27)12(18)6-22-15(26)10-5-21-13(17)3-11(10)24-9-4-23-25(7-9)8-14(19)20/h3-5,7,12,14,27H,6,8H2,1-2H3,(H,21,24)(H,22,26). The summed E-state index contributed by atoms with van der Waals surface area (Å²) in [7, 11) is 0. The minimum atomic E-state index is -2.56. The van der Waals surface area contributed by atoms with E-state index in [1.54, 1.807) is 0 Å². The molecule has 148 valence electrons. The van der Waals surface area contributed by atoms with Gasteiger partial charge in [-0.3, -0.25) is 9.48 Å². The molecule has 0 aliphatic rings. The molecule has 0 saturated heterocycles. The minimum absolute atomic E-state index is 0.0592. The normalized spacial score (nSPS) is 12.9. The molecule has 0 spiro atoms. The van der Waals surface area contributed by atoms with Gasteiger partial charge in [0, 0.05) is 12.4 Å². The first-order valence-corrected chi connectivity index (χ1v) is 8.32. The zero-order valence-corrected chi connectivity index (χ0v) is 15.3. The Bertz CT molecular complexity index is 795. The molecule has 0 aliphatic heterocycles. The monoisotopic (exact) mass is 405 g/mol. The Balaban J connectivity index is 2.14. The zero-order chi connectivity index (χ0) is 20.2. The number of pyridine rings is 1. The Morgan fingerprint density at radius 3 is 2.70 bits per heavy atom. The van der Waals surface area contributed by atoms with Gasteiger partial charge >= 0.3 is 0 Å². The molecule has 27 heavy (non-hydrogen) atoms. The van der Waals surface area contributed by atoms with Gasteiger partial charge in [-0.25, -0.2) is 18.2 Å². The van der Waals surface area contributed by atoms with E-state index in [4.69, 9.17) is 11.6 Å². The van der Waals surface area contributed by atoms with Crippen molar-refractivity contribution >= 4 is 28.9 Å². The van der Waals surface area contributed by atoms with E-state index in [0.717, 1.165) is 4.68 Å². The maximum absolute atomic E-state index is 13.8. The number of aliphatic hydroxyl groups is 1. The summed E-state index contributed by atoms with van der Waals surface area (Å²) in [6.07, 6.45) is -0.385. The van der Waals surface area contributed by atoms with Crippen molar-refractivity contribution in [2.45, 2.75) is 38.6 Å². The first-order valence-electron chi connectivity index (χ1n) is 7.94. The van der Waals surface area contributed by atoms with Crippen molar-refractivity contribution in [3.8, 4) is 0 Å².